The van der Waals surface area contributed by atoms with Gasteiger partial charge in [0.05, 0.1) is 44.9 Å². The first-order chi connectivity index (χ1) is 49.0. The number of benzene rings is 2. The molecular formula is C76H121N13O15. The number of aliphatic hydroxyl groups is 1. The van der Waals surface area contributed by atoms with Gasteiger partial charge in [-0.1, -0.05) is 122 Å². The van der Waals surface area contributed by atoms with E-state index in [4.69, 9.17) is 9.47 Å². The Hall–Kier alpha value is -8.08. The standard InChI is InChI=1S/C76H121N13O15/c1-18-20-34-88-44-63(93)83(14)59(41-53-30-24-21-25-31-53)70(97)79-65(50(7)19-2)74(101)86(17)58(40-49(5)6)69(96)80-66(52(9)90)75(102)89-37-38-104-64(45-89)84(15)60(42-54-32-26-22-27-33-54)73(100)85(16)57(39-48(3)4)68(95)78-56(46-103-47-61(91)81-76(10,11)12)71(98)82(13)51(8)67(94)77-55(43-62(88)92)72(99)87-35-28-23-29-36-87/h21-22,24-27,30-33,48-52,55-60,64-66,90H,18-20,23,28-29,34-47H2,1-17H3,(H,77,94)(H,78,95)(H,79,97)(H,80,96)(H,81,91)/t50-,51?,52+,55-,56-,57-,58-,59-,60-,64?,65-,66-/m0/s1. The number of piperidine rings is 1. The summed E-state index contributed by atoms with van der Waals surface area (Å²) in [5.74, 6) is -9.23. The predicted octanol–water partition coefficient (Wildman–Crippen LogP) is 2.72. The number of carbonyl (C=O) groups is 12. The third kappa shape index (κ3) is 25.3. The molecule has 0 radical (unpaired) electrons. The second-order valence-corrected chi connectivity index (χ2v) is 30.3. The molecule has 3 saturated heterocycles. The maximum atomic E-state index is 15.6. The quantitative estimate of drug-likeness (QED) is 0.118. The Labute approximate surface area is 616 Å². The van der Waals surface area contributed by atoms with Gasteiger partial charge in [0.15, 0.2) is 0 Å². The summed E-state index contributed by atoms with van der Waals surface area (Å²) in [5.41, 5.74) is 0.741. The molecule has 28 nitrogen and oxygen atoms in total. The molecule has 3 fully saturated rings. The second-order valence-electron chi connectivity index (χ2n) is 30.3. The number of likely N-dealkylation sites (tertiary alicyclic amines) is 1. The topological polar surface area (TPSA) is 330 Å². The molecule has 2 aromatic carbocycles. The molecule has 0 saturated carbocycles. The van der Waals surface area contributed by atoms with Gasteiger partial charge >= 0.3 is 0 Å². The molecule has 12 atom stereocenters. The van der Waals surface area contributed by atoms with E-state index in [0.29, 0.717) is 50.8 Å². The number of rotatable bonds is 19. The Bertz CT molecular complexity index is 3200. The molecule has 28 heteroatoms. The third-order valence-electron chi connectivity index (χ3n) is 19.8. The summed E-state index contributed by atoms with van der Waals surface area (Å²) in [4.78, 5) is 190. The van der Waals surface area contributed by atoms with Crippen LogP contribution in [0.15, 0.2) is 60.7 Å². The zero-order valence-corrected chi connectivity index (χ0v) is 64.7. The molecule has 0 aromatic heterocycles. The van der Waals surface area contributed by atoms with Gasteiger partial charge in [-0.15, -0.1) is 0 Å². The van der Waals surface area contributed by atoms with Crippen molar-refractivity contribution in [3.05, 3.63) is 71.8 Å². The number of hydrogen-bond donors (Lipinski definition) is 6. The lowest BCUT2D eigenvalue weighted by Crippen LogP contribution is -2.64. The Morgan fingerprint density at radius 3 is 1.70 bits per heavy atom. The number of amides is 12. The van der Waals surface area contributed by atoms with Crippen LogP contribution in [0.25, 0.3) is 0 Å². The van der Waals surface area contributed by atoms with Crippen molar-refractivity contribution in [1.82, 2.24) is 65.8 Å². The van der Waals surface area contributed by atoms with Crippen LogP contribution in [0, 0.1) is 17.8 Å². The van der Waals surface area contributed by atoms with E-state index in [9.17, 15) is 38.7 Å². The lowest BCUT2D eigenvalue weighted by atomic mass is 9.94. The highest BCUT2D eigenvalue weighted by Crippen LogP contribution is 2.24. The summed E-state index contributed by atoms with van der Waals surface area (Å²) < 4.78 is 12.2. The molecule has 580 valence electrons. The molecule has 0 spiro atoms. The zero-order valence-electron chi connectivity index (χ0n) is 64.7. The van der Waals surface area contributed by atoms with Gasteiger partial charge in [-0.25, -0.2) is 0 Å². The van der Waals surface area contributed by atoms with Gasteiger partial charge in [-0.05, 0) is 115 Å². The van der Waals surface area contributed by atoms with Crippen molar-refractivity contribution in [2.75, 3.05) is 94.3 Å². The first kappa shape index (κ1) is 86.6. The molecule has 2 unspecified atom stereocenters. The SMILES string of the molecule is CCCCN1CC(=O)N(C)[C@@H](Cc2ccccc2)C(=O)N[C@@H]([C@@H](C)CC)C(=O)N(C)[C@@H](CC(C)C)C(=O)N[C@@H]([C@@H](C)O)C(=O)N2CCOC(C2)N(C)[C@@H](Cc2ccccc2)C(=O)N(C)[C@@H](CC(C)C)C(=O)N[C@@H](COCC(=O)NC(C)(C)C)C(=O)N(C)C(C)C(=O)N[C@H](C(=O)N2CCCCC2)CC1=O. The number of likely N-dealkylation sites (N-methyl/N-ethyl adjacent to an activating group) is 5. The predicted molar refractivity (Wildman–Crippen MR) is 393 cm³/mol. The van der Waals surface area contributed by atoms with E-state index in [-0.39, 0.29) is 63.8 Å². The maximum absolute atomic E-state index is 15.6. The van der Waals surface area contributed by atoms with E-state index in [1.165, 1.54) is 66.5 Å². The van der Waals surface area contributed by atoms with Gasteiger partial charge < -0.3 is 75.5 Å². The first-order valence-corrected chi connectivity index (χ1v) is 37.1. The minimum Gasteiger partial charge on any atom is -0.391 e. The summed E-state index contributed by atoms with van der Waals surface area (Å²) in [6.07, 6.45) is 0.710. The van der Waals surface area contributed by atoms with Crippen LogP contribution in [0.5, 0.6) is 0 Å². The maximum Gasteiger partial charge on any atom is 0.248 e. The minimum absolute atomic E-state index is 0.0178. The number of morpholine rings is 1. The second kappa shape index (κ2) is 41.0. The van der Waals surface area contributed by atoms with Crippen molar-refractivity contribution in [1.29, 1.82) is 0 Å². The van der Waals surface area contributed by atoms with Crippen LogP contribution in [0.3, 0.4) is 0 Å². The van der Waals surface area contributed by atoms with Crippen LogP contribution in [0.1, 0.15) is 152 Å². The van der Waals surface area contributed by atoms with Crippen molar-refractivity contribution in [2.45, 2.75) is 226 Å². The number of carbonyl (C=O) groups excluding carboxylic acids is 12. The van der Waals surface area contributed by atoms with E-state index in [0.717, 1.165) is 16.9 Å². The van der Waals surface area contributed by atoms with Gasteiger partial charge in [0.2, 0.25) is 70.9 Å². The van der Waals surface area contributed by atoms with Gasteiger partial charge in [-0.2, -0.15) is 0 Å². The fourth-order valence-electron chi connectivity index (χ4n) is 13.1. The van der Waals surface area contributed by atoms with Crippen molar-refractivity contribution in [2.24, 2.45) is 17.8 Å². The molecule has 0 aliphatic carbocycles. The molecule has 3 aliphatic rings. The smallest absolute Gasteiger partial charge is 0.248 e. The number of unbranched alkanes of at least 4 members (excludes halogenated alkanes) is 1. The van der Waals surface area contributed by atoms with Crippen molar-refractivity contribution in [3.8, 4) is 0 Å². The van der Waals surface area contributed by atoms with E-state index in [1.54, 1.807) is 74.9 Å². The van der Waals surface area contributed by atoms with E-state index >= 15 is 24.0 Å². The highest BCUT2D eigenvalue weighted by Gasteiger charge is 2.44. The number of aliphatic hydroxyl groups excluding tert-OH is 1. The molecule has 2 aromatic rings. The summed E-state index contributed by atoms with van der Waals surface area (Å²) in [6, 6.07) is 5.87. The largest absolute Gasteiger partial charge is 0.391 e. The monoisotopic (exact) mass is 1460 g/mol. The van der Waals surface area contributed by atoms with Crippen LogP contribution in [0.4, 0.5) is 0 Å². The highest BCUT2D eigenvalue weighted by molar-refractivity contribution is 5.99. The van der Waals surface area contributed by atoms with Crippen LogP contribution >= 0.6 is 0 Å². The molecule has 104 heavy (non-hydrogen) atoms. The normalized spacial score (nSPS) is 25.5. The summed E-state index contributed by atoms with van der Waals surface area (Å²) in [5, 5.41) is 25.6. The summed E-state index contributed by atoms with van der Waals surface area (Å²) >= 11 is 0. The Morgan fingerprint density at radius 2 is 1.16 bits per heavy atom. The molecule has 2 bridgehead atoms. The average Bonchev–Trinajstić information content (AvgIpc) is 0.812. The number of ether oxygens (including phenoxy) is 2. The van der Waals surface area contributed by atoms with Gasteiger partial charge in [0, 0.05) is 66.3 Å². The molecule has 3 heterocycles. The van der Waals surface area contributed by atoms with Gasteiger partial charge in [0.25, 0.3) is 0 Å². The molecule has 5 rings (SSSR count). The van der Waals surface area contributed by atoms with Crippen LogP contribution < -0.4 is 26.6 Å². The number of hydrogen-bond acceptors (Lipinski definition) is 16. The third-order valence-corrected chi connectivity index (χ3v) is 19.8. The number of nitrogens with zero attached hydrogens (tertiary/aromatic N) is 8. The number of fused-ring (bicyclic) bond motifs is 2. The Kier molecular flexibility index (Phi) is 34.1. The van der Waals surface area contributed by atoms with Crippen molar-refractivity contribution < 1.29 is 72.1 Å². The van der Waals surface area contributed by atoms with Crippen LogP contribution in [0.2, 0.25) is 0 Å². The zero-order chi connectivity index (χ0) is 77.4. The van der Waals surface area contributed by atoms with E-state index < -0.39 is 175 Å². The minimum atomic E-state index is -1.59. The molecule has 3 aliphatic heterocycles. The summed E-state index contributed by atoms with van der Waals surface area (Å²) in [7, 11) is 7.31. The number of nitrogens with one attached hydrogen (secondary N) is 5. The first-order valence-electron chi connectivity index (χ1n) is 37.1. The van der Waals surface area contributed by atoms with Crippen molar-refractivity contribution >= 4 is 70.9 Å². The molecule has 6 N–H and O–H groups in total. The average molecular weight is 1460 g/mol. The lowest BCUT2D eigenvalue weighted by Gasteiger charge is -2.43. The Balaban J connectivity index is 1.69. The Morgan fingerprint density at radius 1 is 0.625 bits per heavy atom. The van der Waals surface area contributed by atoms with Gasteiger partial charge in [0.1, 0.15) is 61.2 Å². The van der Waals surface area contributed by atoms with Crippen molar-refractivity contribution in [3.63, 3.8) is 0 Å². The van der Waals surface area contributed by atoms with Crippen LogP contribution in [-0.4, -0.2) is 282 Å². The molecule has 12 amide bonds. The summed E-state index contributed by atoms with van der Waals surface area (Å²) in [6.45, 7) is 19.9. The van der Waals surface area contributed by atoms with E-state index in [2.05, 4.69) is 26.6 Å². The van der Waals surface area contributed by atoms with E-state index in [1.807, 2.05) is 71.9 Å². The van der Waals surface area contributed by atoms with Crippen LogP contribution in [-0.2, 0) is 79.8 Å². The highest BCUT2D eigenvalue weighted by atomic mass is 16.5. The fraction of sp³-hybridized carbons (Fsp3) is 0.684. The van der Waals surface area contributed by atoms with Gasteiger partial charge in [-0.3, -0.25) is 62.4 Å². The fourth-order valence-corrected chi connectivity index (χ4v) is 13.1. The molecular weight excluding hydrogens is 1330 g/mol. The lowest BCUT2D eigenvalue weighted by molar-refractivity contribution is -0.163.